The molecule has 3 rings (SSSR count). The molecule has 1 aliphatic heterocycles. The van der Waals surface area contributed by atoms with Crippen LogP contribution < -0.4 is 15.8 Å². The van der Waals surface area contributed by atoms with Gasteiger partial charge < -0.3 is 19.5 Å². The average molecular weight is 373 g/mol. The molecule has 1 amide bonds. The lowest BCUT2D eigenvalue weighted by atomic mass is 10.2. The number of benzene rings is 1. The lowest BCUT2D eigenvalue weighted by Crippen LogP contribution is -2.41. The van der Waals surface area contributed by atoms with Gasteiger partial charge in [0.25, 0.3) is 5.56 Å². The molecule has 8 heteroatoms. The van der Waals surface area contributed by atoms with E-state index in [-0.39, 0.29) is 17.9 Å². The number of morpholine rings is 1. The van der Waals surface area contributed by atoms with Crippen LogP contribution in [0.15, 0.2) is 29.1 Å². The molecule has 2 heterocycles. The van der Waals surface area contributed by atoms with E-state index >= 15 is 0 Å². The van der Waals surface area contributed by atoms with Crippen LogP contribution in [0.3, 0.4) is 0 Å². The first-order chi connectivity index (χ1) is 13.1. The van der Waals surface area contributed by atoms with Gasteiger partial charge in [-0.25, -0.2) is 4.98 Å². The van der Waals surface area contributed by atoms with Crippen molar-refractivity contribution in [3.8, 4) is 0 Å². The third-order valence-electron chi connectivity index (χ3n) is 4.68. The van der Waals surface area contributed by atoms with Crippen molar-refractivity contribution in [1.29, 1.82) is 0 Å². The molecule has 1 N–H and O–H groups in total. The van der Waals surface area contributed by atoms with Crippen LogP contribution in [0.5, 0.6) is 0 Å². The Morgan fingerprint density at radius 2 is 1.96 bits per heavy atom. The van der Waals surface area contributed by atoms with E-state index in [1.807, 2.05) is 24.3 Å². The molecule has 0 unspecified atom stereocenters. The Labute approximate surface area is 158 Å². The van der Waals surface area contributed by atoms with Crippen molar-refractivity contribution in [2.24, 2.45) is 0 Å². The summed E-state index contributed by atoms with van der Waals surface area (Å²) in [7, 11) is 3.59. The van der Waals surface area contributed by atoms with Crippen molar-refractivity contribution in [2.75, 3.05) is 58.4 Å². The summed E-state index contributed by atoms with van der Waals surface area (Å²) in [6.07, 6.45) is 0.254. The van der Waals surface area contributed by atoms with Gasteiger partial charge in [-0.3, -0.25) is 14.5 Å². The molecule has 8 nitrogen and oxygen atoms in total. The molecule has 0 atom stereocenters. The standard InChI is InChI=1S/C19H27N5O3/c1-22(2)18-19(26)24(16-6-4-3-5-15(16)21-18)9-7-17(25)20-8-10-23-11-13-27-14-12-23/h3-6H,7-14H2,1-2H3,(H,20,25). The fraction of sp³-hybridized carbons (Fsp3) is 0.526. The first kappa shape index (κ1) is 19.3. The highest BCUT2D eigenvalue weighted by Gasteiger charge is 2.14. The van der Waals surface area contributed by atoms with Crippen LogP contribution in [-0.4, -0.2) is 73.8 Å². The highest BCUT2D eigenvalue weighted by Crippen LogP contribution is 2.13. The fourth-order valence-electron chi connectivity index (χ4n) is 3.17. The van der Waals surface area contributed by atoms with Gasteiger partial charge in [0.2, 0.25) is 5.91 Å². The number of amides is 1. The van der Waals surface area contributed by atoms with Crippen LogP contribution in [0.1, 0.15) is 6.42 Å². The summed E-state index contributed by atoms with van der Waals surface area (Å²) in [5.74, 6) is 0.323. The second-order valence-electron chi connectivity index (χ2n) is 6.83. The number of carbonyl (C=O) groups excluding carboxylic acids is 1. The Bertz CT molecular complexity index is 843. The minimum Gasteiger partial charge on any atom is -0.379 e. The molecule has 1 fully saturated rings. The molecule has 146 valence electrons. The van der Waals surface area contributed by atoms with Crippen molar-refractivity contribution >= 4 is 22.8 Å². The van der Waals surface area contributed by atoms with E-state index in [0.717, 1.165) is 43.9 Å². The predicted octanol–water partition coefficient (Wildman–Crippen LogP) is 0.301. The molecule has 0 radical (unpaired) electrons. The summed E-state index contributed by atoms with van der Waals surface area (Å²) < 4.78 is 6.96. The van der Waals surface area contributed by atoms with E-state index in [9.17, 15) is 9.59 Å². The maximum Gasteiger partial charge on any atom is 0.293 e. The predicted molar refractivity (Wildman–Crippen MR) is 105 cm³/mol. The Hall–Kier alpha value is -2.45. The summed E-state index contributed by atoms with van der Waals surface area (Å²) in [5.41, 5.74) is 1.31. The van der Waals surface area contributed by atoms with Crippen molar-refractivity contribution in [3.63, 3.8) is 0 Å². The van der Waals surface area contributed by atoms with Crippen LogP contribution in [0, 0.1) is 0 Å². The molecular formula is C19H27N5O3. The number of aromatic nitrogens is 2. The number of anilines is 1. The Morgan fingerprint density at radius 1 is 1.22 bits per heavy atom. The maximum absolute atomic E-state index is 12.8. The first-order valence-corrected chi connectivity index (χ1v) is 9.30. The van der Waals surface area contributed by atoms with E-state index in [1.54, 1.807) is 23.6 Å². The Morgan fingerprint density at radius 3 is 2.70 bits per heavy atom. The largest absolute Gasteiger partial charge is 0.379 e. The third kappa shape index (κ3) is 4.84. The van der Waals surface area contributed by atoms with Crippen LogP contribution in [0.25, 0.3) is 11.0 Å². The van der Waals surface area contributed by atoms with Gasteiger partial charge in [0.1, 0.15) is 0 Å². The molecule has 0 spiro atoms. The first-order valence-electron chi connectivity index (χ1n) is 9.30. The van der Waals surface area contributed by atoms with E-state index in [4.69, 9.17) is 4.74 Å². The van der Waals surface area contributed by atoms with Crippen LogP contribution >= 0.6 is 0 Å². The number of rotatable bonds is 7. The lowest BCUT2D eigenvalue weighted by molar-refractivity contribution is -0.121. The molecule has 1 saturated heterocycles. The van der Waals surface area contributed by atoms with Gasteiger partial charge in [0, 0.05) is 53.2 Å². The number of para-hydroxylation sites is 2. The van der Waals surface area contributed by atoms with Crippen molar-refractivity contribution in [1.82, 2.24) is 19.8 Å². The third-order valence-corrected chi connectivity index (χ3v) is 4.68. The SMILES string of the molecule is CN(C)c1nc2ccccc2n(CCC(=O)NCCN2CCOCC2)c1=O. The average Bonchev–Trinajstić information content (AvgIpc) is 2.67. The molecule has 27 heavy (non-hydrogen) atoms. The smallest absolute Gasteiger partial charge is 0.293 e. The molecule has 0 bridgehead atoms. The van der Waals surface area contributed by atoms with E-state index in [0.29, 0.717) is 18.9 Å². The van der Waals surface area contributed by atoms with Crippen LogP contribution in [-0.2, 0) is 16.1 Å². The molecular weight excluding hydrogens is 346 g/mol. The molecule has 1 aromatic heterocycles. The van der Waals surface area contributed by atoms with Gasteiger partial charge in [-0.15, -0.1) is 0 Å². The van der Waals surface area contributed by atoms with E-state index in [2.05, 4.69) is 15.2 Å². The zero-order valence-electron chi connectivity index (χ0n) is 16.0. The number of nitrogens with one attached hydrogen (secondary N) is 1. The van der Waals surface area contributed by atoms with Crippen molar-refractivity contribution < 1.29 is 9.53 Å². The zero-order chi connectivity index (χ0) is 19.2. The minimum absolute atomic E-state index is 0.0533. The van der Waals surface area contributed by atoms with Gasteiger partial charge in [0.15, 0.2) is 5.82 Å². The number of hydrogen-bond donors (Lipinski definition) is 1. The summed E-state index contributed by atoms with van der Waals surface area (Å²) >= 11 is 0. The second-order valence-corrected chi connectivity index (χ2v) is 6.83. The summed E-state index contributed by atoms with van der Waals surface area (Å²) in [5, 5.41) is 2.94. The molecule has 1 aliphatic rings. The number of hydrogen-bond acceptors (Lipinski definition) is 6. The van der Waals surface area contributed by atoms with Crippen molar-refractivity contribution in [2.45, 2.75) is 13.0 Å². The zero-order valence-corrected chi connectivity index (χ0v) is 16.0. The van der Waals surface area contributed by atoms with Gasteiger partial charge in [-0.2, -0.15) is 0 Å². The molecule has 1 aromatic carbocycles. The Kier molecular flexibility index (Phi) is 6.41. The second kappa shape index (κ2) is 8.96. The topological polar surface area (TPSA) is 79.7 Å². The maximum atomic E-state index is 12.8. The lowest BCUT2D eigenvalue weighted by Gasteiger charge is -2.26. The molecule has 2 aromatic rings. The summed E-state index contributed by atoms with van der Waals surface area (Å²) in [6.45, 7) is 5.06. The summed E-state index contributed by atoms with van der Waals surface area (Å²) in [6, 6.07) is 7.50. The normalized spacial score (nSPS) is 15.0. The quantitative estimate of drug-likeness (QED) is 0.752. The number of fused-ring (bicyclic) bond motifs is 1. The number of ether oxygens (including phenoxy) is 1. The number of aryl methyl sites for hydroxylation is 1. The minimum atomic E-state index is -0.181. The van der Waals surface area contributed by atoms with Gasteiger partial charge in [0.05, 0.1) is 24.2 Å². The Balaban J connectivity index is 1.63. The van der Waals surface area contributed by atoms with Crippen LogP contribution in [0.2, 0.25) is 0 Å². The molecule has 0 aliphatic carbocycles. The van der Waals surface area contributed by atoms with Gasteiger partial charge >= 0.3 is 0 Å². The number of nitrogens with zero attached hydrogens (tertiary/aromatic N) is 4. The van der Waals surface area contributed by atoms with Gasteiger partial charge in [-0.1, -0.05) is 12.1 Å². The summed E-state index contributed by atoms with van der Waals surface area (Å²) in [4.78, 5) is 33.4. The molecule has 0 saturated carbocycles. The number of carbonyl (C=O) groups is 1. The van der Waals surface area contributed by atoms with Crippen LogP contribution in [0.4, 0.5) is 5.82 Å². The van der Waals surface area contributed by atoms with Gasteiger partial charge in [-0.05, 0) is 12.1 Å². The highest BCUT2D eigenvalue weighted by molar-refractivity contribution is 5.78. The monoisotopic (exact) mass is 373 g/mol. The fourth-order valence-corrected chi connectivity index (χ4v) is 3.17. The van der Waals surface area contributed by atoms with Crippen molar-refractivity contribution in [3.05, 3.63) is 34.6 Å². The van der Waals surface area contributed by atoms with E-state index in [1.165, 1.54) is 0 Å². The van der Waals surface area contributed by atoms with E-state index < -0.39 is 0 Å². The highest BCUT2D eigenvalue weighted by atomic mass is 16.5.